The van der Waals surface area contributed by atoms with Crippen LogP contribution >= 0.6 is 0 Å². The van der Waals surface area contributed by atoms with Crippen LogP contribution in [0.3, 0.4) is 0 Å². The monoisotopic (exact) mass is 272 g/mol. The highest BCUT2D eigenvalue weighted by atomic mass is 19.1. The molecule has 2 rings (SSSR count). The van der Waals surface area contributed by atoms with Gasteiger partial charge in [-0.15, -0.1) is 0 Å². The smallest absolute Gasteiger partial charge is 0.319 e. The Kier molecular flexibility index (Phi) is 4.35. The van der Waals surface area contributed by atoms with Crippen molar-refractivity contribution < 1.29 is 9.18 Å². The van der Waals surface area contributed by atoms with Crippen LogP contribution in [0.4, 0.5) is 14.9 Å². The van der Waals surface area contributed by atoms with E-state index in [-0.39, 0.29) is 18.4 Å². The summed E-state index contributed by atoms with van der Waals surface area (Å²) < 4.78 is 13.0. The van der Waals surface area contributed by atoms with Crippen LogP contribution in [0.25, 0.3) is 0 Å². The van der Waals surface area contributed by atoms with Gasteiger partial charge < -0.3 is 10.6 Å². The van der Waals surface area contributed by atoms with Crippen LogP contribution in [0.5, 0.6) is 0 Å². The molecule has 0 bridgehead atoms. The predicted molar refractivity (Wildman–Crippen MR) is 78.2 cm³/mol. The number of anilines is 1. The van der Waals surface area contributed by atoms with Crippen LogP contribution in [0.1, 0.15) is 16.7 Å². The molecule has 0 aliphatic rings. The Bertz CT molecular complexity index is 626. The molecule has 2 amide bonds. The number of urea groups is 1. The van der Waals surface area contributed by atoms with E-state index in [1.54, 1.807) is 12.1 Å². The summed E-state index contributed by atoms with van der Waals surface area (Å²) in [4.78, 5) is 11.8. The summed E-state index contributed by atoms with van der Waals surface area (Å²) in [5, 5.41) is 5.50. The number of aryl methyl sites for hydroxylation is 2. The van der Waals surface area contributed by atoms with Crippen LogP contribution in [0, 0.1) is 19.7 Å². The average Bonchev–Trinajstić information content (AvgIpc) is 2.41. The first-order valence-electron chi connectivity index (χ1n) is 6.41. The molecule has 104 valence electrons. The Balaban J connectivity index is 1.94. The van der Waals surface area contributed by atoms with Crippen LogP contribution in [-0.2, 0) is 6.54 Å². The second-order valence-corrected chi connectivity index (χ2v) is 4.76. The van der Waals surface area contributed by atoms with Crippen molar-refractivity contribution in [1.29, 1.82) is 0 Å². The fourth-order valence-electron chi connectivity index (χ4n) is 1.87. The largest absolute Gasteiger partial charge is 0.334 e. The molecule has 3 nitrogen and oxygen atoms in total. The highest BCUT2D eigenvalue weighted by molar-refractivity contribution is 5.90. The molecule has 2 aromatic carbocycles. The topological polar surface area (TPSA) is 41.1 Å². The first-order valence-corrected chi connectivity index (χ1v) is 6.41. The van der Waals surface area contributed by atoms with Crippen molar-refractivity contribution in [3.05, 3.63) is 65.0 Å². The molecule has 0 aliphatic heterocycles. The summed E-state index contributed by atoms with van der Waals surface area (Å²) in [7, 11) is 0. The number of amides is 2. The molecule has 0 saturated carbocycles. The van der Waals surface area contributed by atoms with E-state index in [0.29, 0.717) is 0 Å². The molecule has 0 aliphatic carbocycles. The van der Waals surface area contributed by atoms with Gasteiger partial charge in [0.1, 0.15) is 5.82 Å². The molecule has 0 fully saturated rings. The Labute approximate surface area is 117 Å². The number of rotatable bonds is 3. The zero-order valence-electron chi connectivity index (χ0n) is 11.5. The van der Waals surface area contributed by atoms with E-state index in [0.717, 1.165) is 22.4 Å². The molecule has 0 aromatic heterocycles. The number of hydrogen-bond donors (Lipinski definition) is 2. The maximum atomic E-state index is 13.0. The summed E-state index contributed by atoms with van der Waals surface area (Å²) >= 11 is 0. The average molecular weight is 272 g/mol. The SMILES string of the molecule is Cc1ccc(C)c(NC(=O)NCc2cccc(F)c2)c1. The third-order valence-corrected chi connectivity index (χ3v) is 2.98. The van der Waals surface area contributed by atoms with E-state index in [4.69, 9.17) is 0 Å². The maximum absolute atomic E-state index is 13.0. The molecule has 0 heterocycles. The van der Waals surface area contributed by atoms with Gasteiger partial charge in [0.2, 0.25) is 0 Å². The Hall–Kier alpha value is -2.36. The molecule has 0 saturated heterocycles. The lowest BCUT2D eigenvalue weighted by atomic mass is 10.1. The van der Waals surface area contributed by atoms with Gasteiger partial charge >= 0.3 is 6.03 Å². The van der Waals surface area contributed by atoms with E-state index in [2.05, 4.69) is 10.6 Å². The van der Waals surface area contributed by atoms with Crippen LogP contribution < -0.4 is 10.6 Å². The minimum absolute atomic E-state index is 0.286. The molecule has 2 N–H and O–H groups in total. The minimum Gasteiger partial charge on any atom is -0.334 e. The van der Waals surface area contributed by atoms with Crippen molar-refractivity contribution in [2.75, 3.05) is 5.32 Å². The van der Waals surface area contributed by atoms with Crippen molar-refractivity contribution in [1.82, 2.24) is 5.32 Å². The van der Waals surface area contributed by atoms with Crippen molar-refractivity contribution in [2.45, 2.75) is 20.4 Å². The van der Waals surface area contributed by atoms with E-state index in [1.807, 2.05) is 32.0 Å². The van der Waals surface area contributed by atoms with Crippen LogP contribution in [-0.4, -0.2) is 6.03 Å². The van der Waals surface area contributed by atoms with E-state index in [1.165, 1.54) is 12.1 Å². The van der Waals surface area contributed by atoms with Gasteiger partial charge in [-0.25, -0.2) is 9.18 Å². The third kappa shape index (κ3) is 3.82. The van der Waals surface area contributed by atoms with Gasteiger partial charge in [-0.3, -0.25) is 0 Å². The van der Waals surface area contributed by atoms with E-state index < -0.39 is 0 Å². The Morgan fingerprint density at radius 2 is 1.95 bits per heavy atom. The molecular weight excluding hydrogens is 255 g/mol. The second kappa shape index (κ2) is 6.19. The van der Waals surface area contributed by atoms with Gasteiger partial charge in [-0.2, -0.15) is 0 Å². The highest BCUT2D eigenvalue weighted by Gasteiger charge is 2.04. The lowest BCUT2D eigenvalue weighted by Crippen LogP contribution is -2.28. The summed E-state index contributed by atoms with van der Waals surface area (Å²) in [6.07, 6.45) is 0. The Morgan fingerprint density at radius 3 is 2.70 bits per heavy atom. The molecule has 20 heavy (non-hydrogen) atoms. The van der Waals surface area contributed by atoms with Crippen molar-refractivity contribution in [2.24, 2.45) is 0 Å². The van der Waals surface area contributed by atoms with Gasteiger partial charge in [0.15, 0.2) is 0 Å². The van der Waals surface area contributed by atoms with Crippen molar-refractivity contribution in [3.63, 3.8) is 0 Å². The number of nitrogens with one attached hydrogen (secondary N) is 2. The van der Waals surface area contributed by atoms with Crippen molar-refractivity contribution in [3.8, 4) is 0 Å². The molecular formula is C16H17FN2O. The van der Waals surface area contributed by atoms with Gasteiger partial charge in [0.25, 0.3) is 0 Å². The zero-order chi connectivity index (χ0) is 14.5. The summed E-state index contributed by atoms with van der Waals surface area (Å²) in [6.45, 7) is 4.19. The zero-order valence-corrected chi connectivity index (χ0v) is 11.5. The third-order valence-electron chi connectivity index (χ3n) is 2.98. The first kappa shape index (κ1) is 14.1. The van der Waals surface area contributed by atoms with Gasteiger partial charge in [-0.05, 0) is 48.7 Å². The van der Waals surface area contributed by atoms with Gasteiger partial charge in [0.05, 0.1) is 0 Å². The van der Waals surface area contributed by atoms with Crippen LogP contribution in [0.2, 0.25) is 0 Å². The van der Waals surface area contributed by atoms with E-state index in [9.17, 15) is 9.18 Å². The summed E-state index contributed by atoms with van der Waals surface area (Å²) in [6, 6.07) is 11.7. The van der Waals surface area contributed by atoms with Crippen LogP contribution in [0.15, 0.2) is 42.5 Å². The fraction of sp³-hybridized carbons (Fsp3) is 0.188. The Morgan fingerprint density at radius 1 is 1.15 bits per heavy atom. The molecule has 0 radical (unpaired) electrons. The lowest BCUT2D eigenvalue weighted by Gasteiger charge is -2.10. The number of benzene rings is 2. The molecule has 2 aromatic rings. The summed E-state index contributed by atoms with van der Waals surface area (Å²) in [5.74, 6) is -0.306. The summed E-state index contributed by atoms with van der Waals surface area (Å²) in [5.41, 5.74) is 3.58. The molecule has 0 unspecified atom stereocenters. The van der Waals surface area contributed by atoms with Gasteiger partial charge in [0, 0.05) is 12.2 Å². The number of hydrogen-bond acceptors (Lipinski definition) is 1. The number of carbonyl (C=O) groups is 1. The van der Waals surface area contributed by atoms with Crippen molar-refractivity contribution >= 4 is 11.7 Å². The minimum atomic E-state index is -0.306. The first-order chi connectivity index (χ1) is 9.54. The quantitative estimate of drug-likeness (QED) is 0.877. The lowest BCUT2D eigenvalue weighted by molar-refractivity contribution is 0.251. The normalized spacial score (nSPS) is 10.2. The standard InChI is InChI=1S/C16H17FN2O/c1-11-6-7-12(2)15(8-11)19-16(20)18-10-13-4-3-5-14(17)9-13/h3-9H,10H2,1-2H3,(H2,18,19,20). The fourth-order valence-corrected chi connectivity index (χ4v) is 1.87. The highest BCUT2D eigenvalue weighted by Crippen LogP contribution is 2.16. The maximum Gasteiger partial charge on any atom is 0.319 e. The molecule has 0 atom stereocenters. The van der Waals surface area contributed by atoms with Gasteiger partial charge in [-0.1, -0.05) is 24.3 Å². The number of halogens is 1. The molecule has 0 spiro atoms. The predicted octanol–water partition coefficient (Wildman–Crippen LogP) is 3.76. The van der Waals surface area contributed by atoms with E-state index >= 15 is 0 Å². The number of carbonyl (C=O) groups excluding carboxylic acids is 1. The molecule has 4 heteroatoms. The second-order valence-electron chi connectivity index (χ2n) is 4.76.